The van der Waals surface area contributed by atoms with E-state index < -0.39 is 5.97 Å². The molecule has 3 aromatic rings. The molecule has 3 rings (SSSR count). The van der Waals surface area contributed by atoms with Crippen molar-refractivity contribution >= 4 is 34.0 Å². The number of amides is 1. The first-order chi connectivity index (χ1) is 17.4. The van der Waals surface area contributed by atoms with Crippen LogP contribution in [0.3, 0.4) is 0 Å². The van der Waals surface area contributed by atoms with E-state index in [4.69, 9.17) is 9.47 Å². The number of nitrogens with one attached hydrogen (secondary N) is 1. The quantitative estimate of drug-likeness (QED) is 0.132. The smallest absolute Gasteiger partial charge is 0.343 e. The molecule has 37 heavy (non-hydrogen) atoms. The van der Waals surface area contributed by atoms with Gasteiger partial charge in [-0.1, -0.05) is 68.7 Å². The first-order valence-electron chi connectivity index (χ1n) is 12.0. The molecule has 0 radical (unpaired) electrons. The Morgan fingerprint density at radius 1 is 0.919 bits per heavy atom. The first kappa shape index (κ1) is 28.1. The zero-order chi connectivity index (χ0) is 27.1. The van der Waals surface area contributed by atoms with Gasteiger partial charge in [-0.15, -0.1) is 0 Å². The number of rotatable bonds is 9. The SMILES string of the molecule is CC(C)(C)CC(C)(C)c1ccc(OCC(=O)N/N=C\c2ccc(OC(=O)c3cccc(Br)c3)cc2)cc1. The molecule has 0 aromatic heterocycles. The number of carbonyl (C=O) groups excluding carboxylic acids is 2. The molecule has 3 aromatic carbocycles. The normalized spacial score (nSPS) is 11.8. The number of halogens is 1. The van der Waals surface area contributed by atoms with Gasteiger partial charge in [0.2, 0.25) is 0 Å². The fourth-order valence-electron chi connectivity index (χ4n) is 4.19. The lowest BCUT2D eigenvalue weighted by Crippen LogP contribution is -2.25. The van der Waals surface area contributed by atoms with Crippen molar-refractivity contribution in [2.24, 2.45) is 10.5 Å². The second-order valence-corrected chi connectivity index (χ2v) is 11.6. The molecule has 0 heterocycles. The number of benzene rings is 3. The van der Waals surface area contributed by atoms with Gasteiger partial charge in [-0.3, -0.25) is 4.79 Å². The molecule has 6 nitrogen and oxygen atoms in total. The minimum Gasteiger partial charge on any atom is -0.484 e. The van der Waals surface area contributed by atoms with Crippen LogP contribution < -0.4 is 14.9 Å². The number of carbonyl (C=O) groups is 2. The Bertz CT molecular complexity index is 1240. The highest BCUT2D eigenvalue weighted by molar-refractivity contribution is 9.10. The largest absolute Gasteiger partial charge is 0.484 e. The highest BCUT2D eigenvalue weighted by Gasteiger charge is 2.27. The Labute approximate surface area is 227 Å². The minimum atomic E-state index is -0.446. The third-order valence-electron chi connectivity index (χ3n) is 5.53. The summed E-state index contributed by atoms with van der Waals surface area (Å²) in [7, 11) is 0. The van der Waals surface area contributed by atoms with E-state index >= 15 is 0 Å². The highest BCUT2D eigenvalue weighted by atomic mass is 79.9. The number of hydrazone groups is 1. The number of esters is 1. The van der Waals surface area contributed by atoms with Crippen molar-refractivity contribution in [1.82, 2.24) is 5.43 Å². The lowest BCUT2D eigenvalue weighted by atomic mass is 9.72. The Balaban J connectivity index is 1.45. The zero-order valence-corrected chi connectivity index (χ0v) is 23.5. The summed E-state index contributed by atoms with van der Waals surface area (Å²) in [5.41, 5.74) is 5.14. The van der Waals surface area contributed by atoms with Gasteiger partial charge in [-0.05, 0) is 83.0 Å². The molecule has 0 aliphatic heterocycles. The summed E-state index contributed by atoms with van der Waals surface area (Å²) < 4.78 is 11.8. The lowest BCUT2D eigenvalue weighted by Gasteiger charge is -2.33. The predicted molar refractivity (Wildman–Crippen MR) is 150 cm³/mol. The summed E-state index contributed by atoms with van der Waals surface area (Å²) in [5, 5.41) is 3.96. The van der Waals surface area contributed by atoms with Gasteiger partial charge in [0, 0.05) is 4.47 Å². The molecule has 0 unspecified atom stereocenters. The summed E-state index contributed by atoms with van der Waals surface area (Å²) in [6, 6.07) is 21.7. The molecule has 1 N–H and O–H groups in total. The Hall–Kier alpha value is -3.45. The number of ether oxygens (including phenoxy) is 2. The summed E-state index contributed by atoms with van der Waals surface area (Å²) in [4.78, 5) is 24.4. The van der Waals surface area contributed by atoms with Crippen molar-refractivity contribution in [3.05, 3.63) is 94.0 Å². The van der Waals surface area contributed by atoms with Crippen LogP contribution in [0.2, 0.25) is 0 Å². The van der Waals surface area contributed by atoms with Crippen LogP contribution in [0.1, 0.15) is 62.5 Å². The van der Waals surface area contributed by atoms with Gasteiger partial charge in [-0.25, -0.2) is 10.2 Å². The lowest BCUT2D eigenvalue weighted by molar-refractivity contribution is -0.123. The van der Waals surface area contributed by atoms with Gasteiger partial charge in [0.05, 0.1) is 11.8 Å². The summed E-state index contributed by atoms with van der Waals surface area (Å²) >= 11 is 3.34. The number of hydrogen-bond donors (Lipinski definition) is 1. The van der Waals surface area contributed by atoms with Gasteiger partial charge in [0.25, 0.3) is 5.91 Å². The molecule has 0 spiro atoms. The zero-order valence-electron chi connectivity index (χ0n) is 21.9. The van der Waals surface area contributed by atoms with Crippen molar-refractivity contribution in [2.75, 3.05) is 6.61 Å². The summed E-state index contributed by atoms with van der Waals surface area (Å²) in [6.45, 7) is 11.1. The van der Waals surface area contributed by atoms with E-state index in [1.807, 2.05) is 18.2 Å². The van der Waals surface area contributed by atoms with Gasteiger partial charge < -0.3 is 9.47 Å². The Morgan fingerprint density at radius 2 is 1.57 bits per heavy atom. The van der Waals surface area contributed by atoms with Gasteiger partial charge in [-0.2, -0.15) is 5.10 Å². The minimum absolute atomic E-state index is 0.0437. The van der Waals surface area contributed by atoms with Gasteiger partial charge >= 0.3 is 5.97 Å². The second kappa shape index (κ2) is 12.2. The second-order valence-electron chi connectivity index (χ2n) is 10.7. The maximum atomic E-state index is 12.2. The molecule has 0 atom stereocenters. The number of nitrogens with zero attached hydrogens (tertiary/aromatic N) is 1. The average Bonchev–Trinajstić information content (AvgIpc) is 2.82. The molecule has 0 fully saturated rings. The van der Waals surface area contributed by atoms with E-state index in [9.17, 15) is 9.59 Å². The molecule has 1 amide bonds. The van der Waals surface area contributed by atoms with Crippen molar-refractivity contribution in [1.29, 1.82) is 0 Å². The monoisotopic (exact) mass is 564 g/mol. The number of hydrogen-bond acceptors (Lipinski definition) is 5. The molecule has 7 heteroatoms. The topological polar surface area (TPSA) is 77.0 Å². The summed E-state index contributed by atoms with van der Waals surface area (Å²) in [6.07, 6.45) is 2.56. The van der Waals surface area contributed by atoms with Gasteiger partial charge in [0.1, 0.15) is 11.5 Å². The third-order valence-corrected chi connectivity index (χ3v) is 6.03. The van der Waals surface area contributed by atoms with E-state index in [1.165, 1.54) is 11.8 Å². The predicted octanol–water partition coefficient (Wildman–Crippen LogP) is 6.91. The van der Waals surface area contributed by atoms with Crippen molar-refractivity contribution in [3.63, 3.8) is 0 Å². The molecular weight excluding hydrogens is 532 g/mol. The molecule has 0 aliphatic carbocycles. The van der Waals surface area contributed by atoms with Crippen LogP contribution in [0.4, 0.5) is 0 Å². The van der Waals surface area contributed by atoms with Crippen LogP contribution in [0.15, 0.2) is 82.4 Å². The third kappa shape index (κ3) is 9.17. The fraction of sp³-hybridized carbons (Fsp3) is 0.300. The molecule has 194 valence electrons. The Kier molecular flexibility index (Phi) is 9.27. The molecular formula is C30H33BrN2O4. The summed E-state index contributed by atoms with van der Waals surface area (Å²) in [5.74, 6) is 0.223. The van der Waals surface area contributed by atoms with E-state index in [2.05, 4.69) is 73.2 Å². The van der Waals surface area contributed by atoms with Crippen molar-refractivity contribution < 1.29 is 19.1 Å². The highest BCUT2D eigenvalue weighted by Crippen LogP contribution is 2.36. The van der Waals surface area contributed by atoms with Crippen LogP contribution in [0, 0.1) is 5.41 Å². The van der Waals surface area contributed by atoms with Crippen molar-refractivity contribution in [2.45, 2.75) is 46.5 Å². The van der Waals surface area contributed by atoms with Crippen LogP contribution in [0.25, 0.3) is 0 Å². The van der Waals surface area contributed by atoms with E-state index in [0.29, 0.717) is 17.1 Å². The maximum absolute atomic E-state index is 12.2. The van der Waals surface area contributed by atoms with Crippen LogP contribution in [-0.4, -0.2) is 24.7 Å². The fourth-order valence-corrected chi connectivity index (χ4v) is 4.59. The van der Waals surface area contributed by atoms with Crippen LogP contribution in [0.5, 0.6) is 11.5 Å². The van der Waals surface area contributed by atoms with E-state index in [-0.39, 0.29) is 23.3 Å². The molecule has 0 bridgehead atoms. The maximum Gasteiger partial charge on any atom is 0.343 e. The molecule has 0 saturated carbocycles. The average molecular weight is 566 g/mol. The Morgan fingerprint density at radius 3 is 2.19 bits per heavy atom. The standard InChI is InChI=1S/C30H33BrN2O4/c1-29(2,3)20-30(4,5)23-11-15-25(16-12-23)36-19-27(34)33-32-18-21-9-13-26(14-10-21)37-28(35)22-7-6-8-24(31)17-22/h6-18H,19-20H2,1-5H3,(H,33,34)/b32-18-. The van der Waals surface area contributed by atoms with Crippen molar-refractivity contribution in [3.8, 4) is 11.5 Å². The van der Waals surface area contributed by atoms with Crippen LogP contribution >= 0.6 is 15.9 Å². The molecule has 0 saturated heterocycles. The molecule has 0 aliphatic rings. The first-order valence-corrected chi connectivity index (χ1v) is 12.8. The van der Waals surface area contributed by atoms with E-state index in [0.717, 1.165) is 16.5 Å². The van der Waals surface area contributed by atoms with E-state index in [1.54, 1.807) is 42.5 Å². The van der Waals surface area contributed by atoms with Crippen LogP contribution in [-0.2, 0) is 10.2 Å². The van der Waals surface area contributed by atoms with Gasteiger partial charge in [0.15, 0.2) is 6.61 Å².